The van der Waals surface area contributed by atoms with Gasteiger partial charge in [0, 0.05) is 24.8 Å². The molecule has 2 heterocycles. The highest BCUT2D eigenvalue weighted by molar-refractivity contribution is 7.89. The van der Waals surface area contributed by atoms with Gasteiger partial charge in [-0.25, -0.2) is 8.42 Å². The summed E-state index contributed by atoms with van der Waals surface area (Å²) in [5.41, 5.74) is -1.36. The monoisotopic (exact) mass is 404 g/mol. The molecule has 1 saturated heterocycles. The lowest BCUT2D eigenvalue weighted by molar-refractivity contribution is -0.141. The third-order valence-electron chi connectivity index (χ3n) is 3.84. The molecule has 0 saturated carbocycles. The summed E-state index contributed by atoms with van der Waals surface area (Å²) in [5, 5.41) is 7.44. The Balaban J connectivity index is 1.70. The number of benzene rings is 1. The van der Waals surface area contributed by atoms with Crippen molar-refractivity contribution in [2.24, 2.45) is 0 Å². The Bertz CT molecular complexity index is 919. The molecule has 1 amide bonds. The maximum Gasteiger partial charge on any atom is 0.432 e. The second-order valence-corrected chi connectivity index (χ2v) is 7.60. The lowest BCUT2D eigenvalue weighted by atomic mass is 10.3. The Labute approximate surface area is 152 Å². The van der Waals surface area contributed by atoms with Crippen LogP contribution < -0.4 is 5.32 Å². The number of anilines is 1. The molecule has 12 heteroatoms. The van der Waals surface area contributed by atoms with Crippen LogP contribution in [0.25, 0.3) is 0 Å². The number of alkyl halides is 3. The number of carbonyl (C=O) groups excluding carboxylic acids is 1. The predicted molar refractivity (Wildman–Crippen MR) is 87.6 cm³/mol. The van der Waals surface area contributed by atoms with E-state index >= 15 is 0 Å². The third-order valence-corrected chi connectivity index (χ3v) is 5.75. The highest BCUT2D eigenvalue weighted by Crippen LogP contribution is 2.28. The van der Waals surface area contributed by atoms with E-state index in [9.17, 15) is 26.4 Å². The molecule has 1 aliphatic rings. The summed E-state index contributed by atoms with van der Waals surface area (Å²) in [5.74, 6) is -0.856. The molecular weight excluding hydrogens is 389 g/mol. The highest BCUT2D eigenvalue weighted by atomic mass is 32.2. The first-order chi connectivity index (χ1) is 12.7. The Morgan fingerprint density at radius 1 is 1.19 bits per heavy atom. The smallest absolute Gasteiger partial charge is 0.379 e. The van der Waals surface area contributed by atoms with Crippen LogP contribution >= 0.6 is 0 Å². The number of hydrogen-bond acceptors (Lipinski definition) is 5. The summed E-state index contributed by atoms with van der Waals surface area (Å²) < 4.78 is 69.0. The molecule has 1 aromatic carbocycles. The summed E-state index contributed by atoms with van der Waals surface area (Å²) in [4.78, 5) is 12.0. The molecule has 1 fully saturated rings. The quantitative estimate of drug-likeness (QED) is 0.807. The van der Waals surface area contributed by atoms with E-state index in [1.807, 2.05) is 0 Å². The molecule has 0 atom stereocenters. The molecule has 146 valence electrons. The van der Waals surface area contributed by atoms with Gasteiger partial charge in [0.25, 0.3) is 5.91 Å². The van der Waals surface area contributed by atoms with Gasteiger partial charge >= 0.3 is 6.18 Å². The number of morpholine rings is 1. The topological polar surface area (TPSA) is 104 Å². The summed E-state index contributed by atoms with van der Waals surface area (Å²) in [6, 6.07) is 5.91. The minimum absolute atomic E-state index is 0.0431. The van der Waals surface area contributed by atoms with Crippen LogP contribution in [0.2, 0.25) is 0 Å². The number of hydrogen-bond donors (Lipinski definition) is 2. The molecule has 0 bridgehead atoms. The molecule has 3 rings (SSSR count). The molecule has 1 aliphatic heterocycles. The van der Waals surface area contributed by atoms with E-state index in [2.05, 4.69) is 10.4 Å². The van der Waals surface area contributed by atoms with Gasteiger partial charge in [0.1, 0.15) is 5.69 Å². The maximum absolute atomic E-state index is 12.5. The first-order valence-corrected chi connectivity index (χ1v) is 9.24. The predicted octanol–water partition coefficient (Wildman–Crippen LogP) is 1.70. The fourth-order valence-electron chi connectivity index (χ4n) is 2.42. The number of rotatable bonds is 4. The van der Waals surface area contributed by atoms with Gasteiger partial charge in [-0.05, 0) is 24.3 Å². The van der Waals surface area contributed by atoms with E-state index in [0.29, 0.717) is 19.3 Å². The fraction of sp³-hybridized carbons (Fsp3) is 0.333. The molecule has 27 heavy (non-hydrogen) atoms. The molecule has 0 spiro atoms. The summed E-state index contributed by atoms with van der Waals surface area (Å²) in [6.07, 6.45) is -4.64. The molecule has 8 nitrogen and oxygen atoms in total. The van der Waals surface area contributed by atoms with E-state index in [4.69, 9.17) is 4.74 Å². The zero-order valence-electron chi connectivity index (χ0n) is 13.8. The summed E-state index contributed by atoms with van der Waals surface area (Å²) in [7, 11) is -3.67. The number of aromatic amines is 1. The van der Waals surface area contributed by atoms with Crippen molar-refractivity contribution in [3.05, 3.63) is 41.7 Å². The summed E-state index contributed by atoms with van der Waals surface area (Å²) in [6.45, 7) is 1.14. The van der Waals surface area contributed by atoms with Crippen LogP contribution in [-0.2, 0) is 20.9 Å². The number of H-pyrrole nitrogens is 1. The van der Waals surface area contributed by atoms with Crippen LogP contribution in [0.4, 0.5) is 18.9 Å². The fourth-order valence-corrected chi connectivity index (χ4v) is 3.83. The first-order valence-electron chi connectivity index (χ1n) is 7.80. The van der Waals surface area contributed by atoms with Crippen LogP contribution in [0.3, 0.4) is 0 Å². The van der Waals surface area contributed by atoms with E-state index in [-0.39, 0.29) is 23.7 Å². The third kappa shape index (κ3) is 4.28. The average Bonchev–Trinajstić information content (AvgIpc) is 3.14. The zero-order chi connectivity index (χ0) is 19.7. The molecule has 1 aromatic heterocycles. The van der Waals surface area contributed by atoms with Crippen LogP contribution in [0.5, 0.6) is 0 Å². The number of nitrogens with one attached hydrogen (secondary N) is 2. The van der Waals surface area contributed by atoms with Crippen LogP contribution in [0.15, 0.2) is 35.2 Å². The van der Waals surface area contributed by atoms with E-state index in [0.717, 1.165) is 0 Å². The van der Waals surface area contributed by atoms with Crippen molar-refractivity contribution in [1.82, 2.24) is 14.5 Å². The lowest BCUT2D eigenvalue weighted by Crippen LogP contribution is -2.40. The first kappa shape index (κ1) is 19.3. The standard InChI is InChI=1S/C15H15F3N4O4S/c16-15(17,18)13-9-12(20-21-13)14(23)19-10-1-3-11(4-2-10)27(24,25)22-5-7-26-8-6-22/h1-4,9H,5-8H2,(H,19,23)(H,20,21). The maximum atomic E-state index is 12.5. The molecular formula is C15H15F3N4O4S. The molecule has 2 aromatic rings. The van der Waals surface area contributed by atoms with Gasteiger partial charge in [0.2, 0.25) is 10.0 Å². The van der Waals surface area contributed by atoms with Gasteiger partial charge in [0.15, 0.2) is 5.69 Å². The van der Waals surface area contributed by atoms with E-state index in [1.165, 1.54) is 28.6 Å². The average molecular weight is 404 g/mol. The van der Waals surface area contributed by atoms with E-state index < -0.39 is 33.5 Å². The number of nitrogens with zero attached hydrogens (tertiary/aromatic N) is 2. The number of aromatic nitrogens is 2. The Morgan fingerprint density at radius 2 is 1.81 bits per heavy atom. The van der Waals surface area contributed by atoms with Crippen LogP contribution in [0, 0.1) is 0 Å². The number of ether oxygens (including phenoxy) is 1. The van der Waals surface area contributed by atoms with Crippen LogP contribution in [0.1, 0.15) is 16.2 Å². The van der Waals surface area contributed by atoms with Crippen LogP contribution in [-0.4, -0.2) is 55.1 Å². The minimum Gasteiger partial charge on any atom is -0.379 e. The molecule has 0 radical (unpaired) electrons. The Kier molecular flexibility index (Phi) is 5.22. The summed E-state index contributed by atoms with van der Waals surface area (Å²) >= 11 is 0. The van der Waals surface area contributed by atoms with Gasteiger partial charge in [-0.1, -0.05) is 0 Å². The Morgan fingerprint density at radius 3 is 2.37 bits per heavy atom. The second kappa shape index (κ2) is 7.29. The van der Waals surface area contributed by atoms with Gasteiger partial charge in [-0.15, -0.1) is 0 Å². The normalized spacial score (nSPS) is 16.3. The largest absolute Gasteiger partial charge is 0.432 e. The molecule has 0 unspecified atom stereocenters. The SMILES string of the molecule is O=C(Nc1ccc(S(=O)(=O)N2CCOCC2)cc1)c1cc(C(F)(F)F)[nH]n1. The highest BCUT2D eigenvalue weighted by Gasteiger charge is 2.34. The van der Waals surface area contributed by atoms with Gasteiger partial charge in [-0.3, -0.25) is 9.89 Å². The number of amides is 1. The van der Waals surface area contributed by atoms with Crippen molar-refractivity contribution in [1.29, 1.82) is 0 Å². The zero-order valence-corrected chi connectivity index (χ0v) is 14.6. The van der Waals surface area contributed by atoms with Crippen molar-refractivity contribution in [2.45, 2.75) is 11.1 Å². The number of halogens is 3. The number of carbonyl (C=O) groups is 1. The van der Waals surface area contributed by atoms with Crippen molar-refractivity contribution in [3.63, 3.8) is 0 Å². The second-order valence-electron chi connectivity index (χ2n) is 5.66. The van der Waals surface area contributed by atoms with Crippen molar-refractivity contribution >= 4 is 21.6 Å². The van der Waals surface area contributed by atoms with E-state index in [1.54, 1.807) is 5.10 Å². The molecule has 2 N–H and O–H groups in total. The number of sulfonamides is 1. The van der Waals surface area contributed by atoms with Crippen molar-refractivity contribution in [3.8, 4) is 0 Å². The molecule has 0 aliphatic carbocycles. The van der Waals surface area contributed by atoms with Gasteiger partial charge < -0.3 is 10.1 Å². The van der Waals surface area contributed by atoms with Crippen molar-refractivity contribution in [2.75, 3.05) is 31.6 Å². The minimum atomic E-state index is -4.64. The lowest BCUT2D eigenvalue weighted by Gasteiger charge is -2.26. The van der Waals surface area contributed by atoms with Gasteiger partial charge in [-0.2, -0.15) is 22.6 Å². The van der Waals surface area contributed by atoms with Crippen molar-refractivity contribution < 1.29 is 31.1 Å². The van der Waals surface area contributed by atoms with Gasteiger partial charge in [0.05, 0.1) is 18.1 Å². The Hall–Kier alpha value is -2.44.